The van der Waals surface area contributed by atoms with Gasteiger partial charge in [0.2, 0.25) is 0 Å². The molecule has 0 aliphatic carbocycles. The summed E-state index contributed by atoms with van der Waals surface area (Å²) in [6.07, 6.45) is 2.70. The van der Waals surface area contributed by atoms with E-state index in [1.165, 1.54) is 15.3 Å². The lowest BCUT2D eigenvalue weighted by Gasteiger charge is -2.28. The van der Waals surface area contributed by atoms with Crippen molar-refractivity contribution < 1.29 is 4.74 Å². The lowest BCUT2D eigenvalue weighted by atomic mass is 10.0. The van der Waals surface area contributed by atoms with Gasteiger partial charge < -0.3 is 10.1 Å². The zero-order valence-corrected chi connectivity index (χ0v) is 11.2. The van der Waals surface area contributed by atoms with Crippen molar-refractivity contribution >= 4 is 11.3 Å². The molecule has 1 aliphatic rings. The first-order valence-electron chi connectivity index (χ1n) is 6.06. The molecule has 1 aromatic rings. The number of ether oxygens (including phenoxy) is 1. The Morgan fingerprint density at radius 2 is 2.31 bits per heavy atom. The third-order valence-electron chi connectivity index (χ3n) is 3.21. The van der Waals surface area contributed by atoms with Gasteiger partial charge in [-0.3, -0.25) is 0 Å². The van der Waals surface area contributed by atoms with Gasteiger partial charge in [-0.05, 0) is 45.2 Å². The Morgan fingerprint density at radius 1 is 1.50 bits per heavy atom. The molecule has 1 saturated heterocycles. The fourth-order valence-corrected chi connectivity index (χ4v) is 3.24. The van der Waals surface area contributed by atoms with Crippen LogP contribution in [0.25, 0.3) is 0 Å². The smallest absolute Gasteiger partial charge is 0.0561 e. The summed E-state index contributed by atoms with van der Waals surface area (Å²) < 4.78 is 5.55. The predicted octanol–water partition coefficient (Wildman–Crippen LogP) is 3.02. The van der Waals surface area contributed by atoms with Crippen LogP contribution in [0.5, 0.6) is 0 Å². The van der Waals surface area contributed by atoms with Crippen molar-refractivity contribution in [1.29, 1.82) is 0 Å². The van der Waals surface area contributed by atoms with Gasteiger partial charge in [-0.1, -0.05) is 0 Å². The Morgan fingerprint density at radius 3 is 2.94 bits per heavy atom. The van der Waals surface area contributed by atoms with Gasteiger partial charge in [-0.2, -0.15) is 0 Å². The van der Waals surface area contributed by atoms with Gasteiger partial charge >= 0.3 is 0 Å². The summed E-state index contributed by atoms with van der Waals surface area (Å²) in [4.78, 5) is 2.86. The third-order valence-corrected chi connectivity index (χ3v) is 4.22. The second-order valence-electron chi connectivity index (χ2n) is 4.72. The molecule has 0 bridgehead atoms. The average Bonchev–Trinajstić information content (AvgIpc) is 2.54. The van der Waals surface area contributed by atoms with E-state index in [1.807, 2.05) is 11.3 Å². The van der Waals surface area contributed by atoms with E-state index >= 15 is 0 Å². The second-order valence-corrected chi connectivity index (χ2v) is 6.18. The van der Waals surface area contributed by atoms with Gasteiger partial charge in [0.15, 0.2) is 0 Å². The highest BCUT2D eigenvalue weighted by Gasteiger charge is 2.18. The lowest BCUT2D eigenvalue weighted by Crippen LogP contribution is -2.37. The van der Waals surface area contributed by atoms with Gasteiger partial charge in [0.25, 0.3) is 0 Å². The first kappa shape index (κ1) is 12.1. The molecule has 3 heteroatoms. The van der Waals surface area contributed by atoms with Crippen LogP contribution in [0.1, 0.15) is 35.1 Å². The fraction of sp³-hybridized carbons (Fsp3) is 0.692. The minimum Gasteiger partial charge on any atom is -0.378 e. The summed E-state index contributed by atoms with van der Waals surface area (Å²) in [6, 6.07) is 2.93. The maximum Gasteiger partial charge on any atom is 0.0561 e. The molecule has 1 fully saturated rings. The summed E-state index contributed by atoms with van der Waals surface area (Å²) in [5.74, 6) is 0. The van der Waals surface area contributed by atoms with Crippen LogP contribution in [0.3, 0.4) is 0 Å². The first-order valence-corrected chi connectivity index (χ1v) is 6.87. The van der Waals surface area contributed by atoms with E-state index in [1.54, 1.807) is 0 Å². The van der Waals surface area contributed by atoms with Crippen LogP contribution >= 0.6 is 11.3 Å². The van der Waals surface area contributed by atoms with Gasteiger partial charge in [0, 0.05) is 28.9 Å². The van der Waals surface area contributed by atoms with Crippen molar-refractivity contribution in [2.45, 2.75) is 52.3 Å². The number of hydrogen-bond donors (Lipinski definition) is 1. The molecule has 90 valence electrons. The maximum absolute atomic E-state index is 5.55. The van der Waals surface area contributed by atoms with Crippen LogP contribution in [-0.2, 0) is 11.3 Å². The zero-order valence-electron chi connectivity index (χ0n) is 10.4. The summed E-state index contributed by atoms with van der Waals surface area (Å²) in [5.41, 5.74) is 1.46. The molecule has 1 aliphatic heterocycles. The lowest BCUT2D eigenvalue weighted by molar-refractivity contribution is 0.0130. The number of thiophene rings is 1. The highest BCUT2D eigenvalue weighted by Crippen LogP contribution is 2.21. The van der Waals surface area contributed by atoms with E-state index in [0.29, 0.717) is 12.1 Å². The topological polar surface area (TPSA) is 21.3 Å². The Labute approximate surface area is 102 Å². The maximum atomic E-state index is 5.55. The molecule has 0 radical (unpaired) electrons. The largest absolute Gasteiger partial charge is 0.378 e. The molecule has 0 saturated carbocycles. The molecule has 2 atom stereocenters. The van der Waals surface area contributed by atoms with E-state index in [4.69, 9.17) is 4.74 Å². The van der Waals surface area contributed by atoms with E-state index < -0.39 is 0 Å². The highest BCUT2D eigenvalue weighted by molar-refractivity contribution is 7.12. The van der Waals surface area contributed by atoms with Crippen molar-refractivity contribution in [3.05, 3.63) is 21.4 Å². The molecule has 1 aromatic heterocycles. The van der Waals surface area contributed by atoms with Crippen molar-refractivity contribution in [3.8, 4) is 0 Å². The number of nitrogens with one attached hydrogen (secondary N) is 1. The van der Waals surface area contributed by atoms with Crippen LogP contribution < -0.4 is 5.32 Å². The molecule has 2 rings (SSSR count). The molecule has 2 unspecified atom stereocenters. The zero-order chi connectivity index (χ0) is 11.5. The Kier molecular flexibility index (Phi) is 4.00. The average molecular weight is 239 g/mol. The van der Waals surface area contributed by atoms with Crippen molar-refractivity contribution in [1.82, 2.24) is 5.32 Å². The molecule has 2 nitrogen and oxygen atoms in total. The summed E-state index contributed by atoms with van der Waals surface area (Å²) in [5, 5.41) is 3.65. The Hall–Kier alpha value is -0.380. The third kappa shape index (κ3) is 3.06. The normalized spacial score (nSPS) is 25.9. The van der Waals surface area contributed by atoms with Gasteiger partial charge in [-0.25, -0.2) is 0 Å². The highest BCUT2D eigenvalue weighted by atomic mass is 32.1. The molecule has 1 N–H and O–H groups in total. The van der Waals surface area contributed by atoms with Crippen molar-refractivity contribution in [2.75, 3.05) is 6.61 Å². The predicted molar refractivity (Wildman–Crippen MR) is 69.1 cm³/mol. The van der Waals surface area contributed by atoms with Crippen LogP contribution in [0, 0.1) is 13.8 Å². The van der Waals surface area contributed by atoms with E-state index in [9.17, 15) is 0 Å². The van der Waals surface area contributed by atoms with Crippen LogP contribution in [0.15, 0.2) is 6.07 Å². The minimum absolute atomic E-state index is 0.413. The molecule has 0 amide bonds. The summed E-state index contributed by atoms with van der Waals surface area (Å²) in [6.45, 7) is 8.46. The van der Waals surface area contributed by atoms with Gasteiger partial charge in [-0.15, -0.1) is 11.3 Å². The standard InChI is InChI=1S/C13H21NOS/c1-9-6-13(4-5-15-9)14-8-12-7-10(2)16-11(12)3/h7,9,13-14H,4-6,8H2,1-3H3. The second kappa shape index (κ2) is 5.30. The van der Waals surface area contributed by atoms with E-state index in [2.05, 4.69) is 32.2 Å². The number of rotatable bonds is 3. The number of hydrogen-bond acceptors (Lipinski definition) is 3. The minimum atomic E-state index is 0.413. The monoisotopic (exact) mass is 239 g/mol. The molecule has 0 aromatic carbocycles. The van der Waals surface area contributed by atoms with E-state index in [-0.39, 0.29) is 0 Å². The SMILES string of the molecule is Cc1cc(CNC2CCOC(C)C2)c(C)s1. The van der Waals surface area contributed by atoms with Gasteiger partial charge in [0.1, 0.15) is 0 Å². The first-order chi connectivity index (χ1) is 7.65. The number of aryl methyl sites for hydroxylation is 2. The van der Waals surface area contributed by atoms with Crippen LogP contribution in [0.2, 0.25) is 0 Å². The van der Waals surface area contributed by atoms with Crippen molar-refractivity contribution in [3.63, 3.8) is 0 Å². The Bertz CT molecular complexity index is 348. The van der Waals surface area contributed by atoms with Crippen LogP contribution in [0.4, 0.5) is 0 Å². The molecule has 0 spiro atoms. The molecular weight excluding hydrogens is 218 g/mol. The van der Waals surface area contributed by atoms with E-state index in [0.717, 1.165) is 26.0 Å². The summed E-state index contributed by atoms with van der Waals surface area (Å²) in [7, 11) is 0. The van der Waals surface area contributed by atoms with Gasteiger partial charge in [0.05, 0.1) is 6.10 Å². The quantitative estimate of drug-likeness (QED) is 0.875. The molecule has 2 heterocycles. The molecule has 16 heavy (non-hydrogen) atoms. The van der Waals surface area contributed by atoms with Crippen LogP contribution in [-0.4, -0.2) is 18.8 Å². The molecular formula is C13H21NOS. The summed E-state index contributed by atoms with van der Waals surface area (Å²) >= 11 is 1.89. The van der Waals surface area contributed by atoms with Crippen molar-refractivity contribution in [2.24, 2.45) is 0 Å². The fourth-order valence-electron chi connectivity index (χ4n) is 2.30. The Balaban J connectivity index is 1.85.